The fourth-order valence-corrected chi connectivity index (χ4v) is 2.68. The molecule has 25 heavy (non-hydrogen) atoms. The quantitative estimate of drug-likeness (QED) is 0.881. The van der Waals surface area contributed by atoms with Crippen molar-refractivity contribution in [2.45, 2.75) is 32.9 Å². The minimum atomic E-state index is -0.485. The lowest BCUT2D eigenvalue weighted by atomic mass is 10.1. The SMILES string of the molecule is CC(C)C(=O)Nc1cccc(CNC(=O)C2Cc3ccccc3O2)c1. The molecule has 1 atom stereocenters. The second-order valence-electron chi connectivity index (χ2n) is 6.48. The van der Waals surface area contributed by atoms with Crippen LogP contribution in [0.1, 0.15) is 25.0 Å². The van der Waals surface area contributed by atoms with E-state index in [-0.39, 0.29) is 17.7 Å². The van der Waals surface area contributed by atoms with Crippen molar-refractivity contribution in [3.05, 3.63) is 59.7 Å². The Morgan fingerprint density at radius 1 is 1.16 bits per heavy atom. The first-order valence-corrected chi connectivity index (χ1v) is 8.45. The third kappa shape index (κ3) is 4.18. The number of hydrogen-bond donors (Lipinski definition) is 2. The molecule has 130 valence electrons. The summed E-state index contributed by atoms with van der Waals surface area (Å²) in [5.74, 6) is 0.539. The molecular weight excluding hydrogens is 316 g/mol. The third-order valence-electron chi connectivity index (χ3n) is 4.13. The van der Waals surface area contributed by atoms with Crippen molar-refractivity contribution >= 4 is 17.5 Å². The topological polar surface area (TPSA) is 67.4 Å². The smallest absolute Gasteiger partial charge is 0.261 e. The maximum absolute atomic E-state index is 12.3. The maximum Gasteiger partial charge on any atom is 0.261 e. The molecule has 2 N–H and O–H groups in total. The molecule has 5 nitrogen and oxygen atoms in total. The molecule has 5 heteroatoms. The van der Waals surface area contributed by atoms with Gasteiger partial charge < -0.3 is 15.4 Å². The predicted octanol–water partition coefficient (Wildman–Crippen LogP) is 2.90. The van der Waals surface area contributed by atoms with E-state index in [0.29, 0.717) is 13.0 Å². The van der Waals surface area contributed by atoms with Crippen LogP contribution in [0.15, 0.2) is 48.5 Å². The maximum atomic E-state index is 12.3. The molecular formula is C20H22N2O3. The highest BCUT2D eigenvalue weighted by molar-refractivity contribution is 5.92. The number of hydrogen-bond acceptors (Lipinski definition) is 3. The van der Waals surface area contributed by atoms with Crippen molar-refractivity contribution in [3.63, 3.8) is 0 Å². The molecule has 3 rings (SSSR count). The second kappa shape index (κ2) is 7.38. The van der Waals surface area contributed by atoms with E-state index in [1.165, 1.54) is 0 Å². The zero-order valence-corrected chi connectivity index (χ0v) is 14.4. The van der Waals surface area contributed by atoms with Gasteiger partial charge in [-0.3, -0.25) is 9.59 Å². The first-order valence-electron chi connectivity index (χ1n) is 8.45. The highest BCUT2D eigenvalue weighted by atomic mass is 16.5. The van der Waals surface area contributed by atoms with Gasteiger partial charge in [-0.1, -0.05) is 44.2 Å². The molecule has 2 aromatic rings. The van der Waals surface area contributed by atoms with E-state index in [1.54, 1.807) is 0 Å². The van der Waals surface area contributed by atoms with Gasteiger partial charge in [0.15, 0.2) is 6.10 Å². The van der Waals surface area contributed by atoms with Crippen molar-refractivity contribution in [2.24, 2.45) is 5.92 Å². The van der Waals surface area contributed by atoms with Crippen LogP contribution in [0.4, 0.5) is 5.69 Å². The van der Waals surface area contributed by atoms with Crippen molar-refractivity contribution < 1.29 is 14.3 Å². The van der Waals surface area contributed by atoms with Crippen LogP contribution in [0, 0.1) is 5.92 Å². The summed E-state index contributed by atoms with van der Waals surface area (Å²) in [5, 5.41) is 5.76. The Kier molecular flexibility index (Phi) is 5.03. The lowest BCUT2D eigenvalue weighted by Gasteiger charge is -2.12. The first-order chi connectivity index (χ1) is 12.0. The summed E-state index contributed by atoms with van der Waals surface area (Å²) >= 11 is 0. The lowest BCUT2D eigenvalue weighted by Crippen LogP contribution is -2.37. The van der Waals surface area contributed by atoms with Gasteiger partial charge >= 0.3 is 0 Å². The highest BCUT2D eigenvalue weighted by Gasteiger charge is 2.28. The van der Waals surface area contributed by atoms with Gasteiger partial charge in [0.05, 0.1) is 0 Å². The van der Waals surface area contributed by atoms with E-state index in [1.807, 2.05) is 62.4 Å². The third-order valence-corrected chi connectivity index (χ3v) is 4.13. The molecule has 1 aliphatic rings. The summed E-state index contributed by atoms with van der Waals surface area (Å²) in [6.07, 6.45) is 0.105. The first kappa shape index (κ1) is 17.0. The molecule has 0 fully saturated rings. The largest absolute Gasteiger partial charge is 0.480 e. The normalized spacial score (nSPS) is 15.4. The molecule has 1 aliphatic heterocycles. The molecule has 0 bridgehead atoms. The van der Waals surface area contributed by atoms with E-state index in [0.717, 1.165) is 22.6 Å². The molecule has 0 aliphatic carbocycles. The van der Waals surface area contributed by atoms with E-state index < -0.39 is 6.10 Å². The highest BCUT2D eigenvalue weighted by Crippen LogP contribution is 2.28. The molecule has 0 saturated carbocycles. The van der Waals surface area contributed by atoms with Crippen LogP contribution in [-0.4, -0.2) is 17.9 Å². The van der Waals surface area contributed by atoms with E-state index in [9.17, 15) is 9.59 Å². The number of fused-ring (bicyclic) bond motifs is 1. The van der Waals surface area contributed by atoms with Crippen molar-refractivity contribution in [3.8, 4) is 5.75 Å². The summed E-state index contributed by atoms with van der Waals surface area (Å²) in [7, 11) is 0. The van der Waals surface area contributed by atoms with E-state index >= 15 is 0 Å². The van der Waals surface area contributed by atoms with Crippen molar-refractivity contribution in [2.75, 3.05) is 5.32 Å². The van der Waals surface area contributed by atoms with Crippen LogP contribution in [-0.2, 0) is 22.6 Å². The minimum absolute atomic E-state index is 0.0293. The second-order valence-corrected chi connectivity index (χ2v) is 6.48. The molecule has 1 heterocycles. The van der Waals surface area contributed by atoms with Gasteiger partial charge in [0, 0.05) is 24.6 Å². The Morgan fingerprint density at radius 2 is 1.96 bits per heavy atom. The zero-order valence-electron chi connectivity index (χ0n) is 14.4. The van der Waals surface area contributed by atoms with Crippen LogP contribution in [0.5, 0.6) is 5.75 Å². The Hall–Kier alpha value is -2.82. The van der Waals surface area contributed by atoms with Gasteiger partial charge in [-0.15, -0.1) is 0 Å². The summed E-state index contributed by atoms with van der Waals surface area (Å²) in [5.41, 5.74) is 2.71. The lowest BCUT2D eigenvalue weighted by molar-refractivity contribution is -0.127. The van der Waals surface area contributed by atoms with Crippen molar-refractivity contribution in [1.29, 1.82) is 0 Å². The number of rotatable bonds is 5. The predicted molar refractivity (Wildman–Crippen MR) is 96.3 cm³/mol. The summed E-state index contributed by atoms with van der Waals surface area (Å²) in [6, 6.07) is 15.2. The average molecular weight is 338 g/mol. The molecule has 2 amide bonds. The van der Waals surface area contributed by atoms with Gasteiger partial charge in [-0.2, -0.15) is 0 Å². The van der Waals surface area contributed by atoms with Gasteiger partial charge in [-0.25, -0.2) is 0 Å². The van der Waals surface area contributed by atoms with Crippen LogP contribution < -0.4 is 15.4 Å². The summed E-state index contributed by atoms with van der Waals surface area (Å²) < 4.78 is 5.69. The Balaban J connectivity index is 1.55. The van der Waals surface area contributed by atoms with Crippen LogP contribution >= 0.6 is 0 Å². The molecule has 2 aromatic carbocycles. The van der Waals surface area contributed by atoms with Gasteiger partial charge in [0.2, 0.25) is 5.91 Å². The number of anilines is 1. The molecule has 0 aromatic heterocycles. The van der Waals surface area contributed by atoms with E-state index in [2.05, 4.69) is 10.6 Å². The molecule has 0 radical (unpaired) electrons. The number of benzene rings is 2. The van der Waals surface area contributed by atoms with Crippen LogP contribution in [0.2, 0.25) is 0 Å². The van der Waals surface area contributed by atoms with Gasteiger partial charge in [-0.05, 0) is 29.3 Å². The van der Waals surface area contributed by atoms with Crippen molar-refractivity contribution in [1.82, 2.24) is 5.32 Å². The number of nitrogens with one attached hydrogen (secondary N) is 2. The number of carbonyl (C=O) groups is 2. The monoisotopic (exact) mass is 338 g/mol. The average Bonchev–Trinajstić information content (AvgIpc) is 3.04. The molecule has 0 saturated heterocycles. The summed E-state index contributed by atoms with van der Waals surface area (Å²) in [4.78, 5) is 24.1. The number of carbonyl (C=O) groups excluding carboxylic acids is 2. The number of amides is 2. The summed E-state index contributed by atoms with van der Waals surface area (Å²) in [6.45, 7) is 4.08. The number of para-hydroxylation sites is 1. The number of ether oxygens (including phenoxy) is 1. The van der Waals surface area contributed by atoms with Crippen LogP contribution in [0.25, 0.3) is 0 Å². The Bertz CT molecular complexity index is 761. The molecule has 0 spiro atoms. The Morgan fingerprint density at radius 3 is 2.72 bits per heavy atom. The van der Waals surface area contributed by atoms with E-state index in [4.69, 9.17) is 4.74 Å². The minimum Gasteiger partial charge on any atom is -0.480 e. The fraction of sp³-hybridized carbons (Fsp3) is 0.300. The van der Waals surface area contributed by atoms with Gasteiger partial charge in [0.1, 0.15) is 5.75 Å². The Labute approximate surface area is 147 Å². The van der Waals surface area contributed by atoms with Crippen LogP contribution in [0.3, 0.4) is 0 Å². The molecule has 1 unspecified atom stereocenters. The van der Waals surface area contributed by atoms with Gasteiger partial charge in [0.25, 0.3) is 5.91 Å². The fourth-order valence-electron chi connectivity index (χ4n) is 2.68. The standard InChI is InChI=1S/C20H22N2O3/c1-13(2)19(23)22-16-8-5-6-14(10-16)12-21-20(24)18-11-15-7-3-4-9-17(15)25-18/h3-10,13,18H,11-12H2,1-2H3,(H,21,24)(H,22,23). The zero-order chi connectivity index (χ0) is 17.8.